The molecule has 152 valence electrons. The Labute approximate surface area is 173 Å². The van der Waals surface area contributed by atoms with E-state index in [2.05, 4.69) is 53.4 Å². The van der Waals surface area contributed by atoms with E-state index in [1.807, 2.05) is 31.2 Å². The lowest BCUT2D eigenvalue weighted by molar-refractivity contribution is -0.127. The van der Waals surface area contributed by atoms with Crippen molar-refractivity contribution in [3.63, 3.8) is 0 Å². The first-order valence-corrected chi connectivity index (χ1v) is 11.3. The summed E-state index contributed by atoms with van der Waals surface area (Å²) in [7, 11) is 0. The number of benzene rings is 1. The molecule has 0 bridgehead atoms. The van der Waals surface area contributed by atoms with Gasteiger partial charge in [0, 0.05) is 29.6 Å². The zero-order valence-corrected chi connectivity index (χ0v) is 18.6. The van der Waals surface area contributed by atoms with E-state index in [1.54, 1.807) is 11.3 Å². The SMILES string of the molecule is CC(C)c1cccc(N(C(=O)C(C)(C)C)C(c2cscn2)N2CCCCC2)c1. The Balaban J connectivity index is 2.12. The van der Waals surface area contributed by atoms with Gasteiger partial charge in [-0.2, -0.15) is 0 Å². The minimum absolute atomic E-state index is 0.136. The van der Waals surface area contributed by atoms with Crippen LogP contribution in [0.4, 0.5) is 5.69 Å². The molecule has 1 fully saturated rings. The molecule has 5 heteroatoms. The standard InChI is InChI=1S/C23H33N3OS/c1-17(2)18-10-9-11-19(14-18)26(22(27)23(3,4)5)21(20-15-28-16-24-20)25-12-7-6-8-13-25/h9-11,14-17,21H,6-8,12-13H2,1-5H3. The lowest BCUT2D eigenvalue weighted by Crippen LogP contribution is -2.50. The van der Waals surface area contributed by atoms with Gasteiger partial charge in [-0.1, -0.05) is 53.2 Å². The van der Waals surface area contributed by atoms with Crippen LogP contribution in [-0.4, -0.2) is 28.9 Å². The summed E-state index contributed by atoms with van der Waals surface area (Å²) < 4.78 is 0. The number of aromatic nitrogens is 1. The molecule has 4 nitrogen and oxygen atoms in total. The van der Waals surface area contributed by atoms with Gasteiger partial charge < -0.3 is 0 Å². The third-order valence-electron chi connectivity index (χ3n) is 5.37. The molecular formula is C23H33N3OS. The Morgan fingerprint density at radius 2 is 1.89 bits per heavy atom. The lowest BCUT2D eigenvalue weighted by atomic mass is 9.93. The van der Waals surface area contributed by atoms with Crippen LogP contribution >= 0.6 is 11.3 Å². The van der Waals surface area contributed by atoms with Crippen molar-refractivity contribution >= 4 is 22.9 Å². The van der Waals surface area contributed by atoms with E-state index >= 15 is 0 Å². The van der Waals surface area contributed by atoms with Crippen LogP contribution in [0, 0.1) is 5.41 Å². The largest absolute Gasteiger partial charge is 0.290 e. The van der Waals surface area contributed by atoms with Crippen LogP contribution in [0.25, 0.3) is 0 Å². The molecule has 1 aromatic heterocycles. The Morgan fingerprint density at radius 3 is 2.46 bits per heavy atom. The van der Waals surface area contributed by atoms with Crippen molar-refractivity contribution in [2.24, 2.45) is 5.41 Å². The van der Waals surface area contributed by atoms with Crippen molar-refractivity contribution in [2.75, 3.05) is 18.0 Å². The van der Waals surface area contributed by atoms with Crippen LogP contribution in [0.2, 0.25) is 0 Å². The summed E-state index contributed by atoms with van der Waals surface area (Å²) in [6.45, 7) is 12.4. The van der Waals surface area contributed by atoms with Gasteiger partial charge in [0.25, 0.3) is 0 Å². The number of hydrogen-bond donors (Lipinski definition) is 0. The highest BCUT2D eigenvalue weighted by molar-refractivity contribution is 7.07. The number of amides is 1. The number of carbonyl (C=O) groups is 1. The average molecular weight is 400 g/mol. The van der Waals surface area contributed by atoms with Crippen molar-refractivity contribution in [1.82, 2.24) is 9.88 Å². The maximum absolute atomic E-state index is 13.7. The van der Waals surface area contributed by atoms with Gasteiger partial charge in [0.15, 0.2) is 0 Å². The van der Waals surface area contributed by atoms with Crippen LogP contribution in [0.1, 0.15) is 77.2 Å². The lowest BCUT2D eigenvalue weighted by Gasteiger charge is -2.43. The molecule has 0 saturated carbocycles. The second-order valence-electron chi connectivity index (χ2n) is 9.06. The van der Waals surface area contributed by atoms with Crippen LogP contribution in [0.5, 0.6) is 0 Å². The maximum Gasteiger partial charge on any atom is 0.234 e. The molecule has 1 aliphatic heterocycles. The monoisotopic (exact) mass is 399 g/mol. The Bertz CT molecular complexity index is 773. The van der Waals surface area contributed by atoms with E-state index in [4.69, 9.17) is 0 Å². The van der Waals surface area contributed by atoms with Crippen LogP contribution in [-0.2, 0) is 4.79 Å². The molecule has 0 aliphatic carbocycles. The Morgan fingerprint density at radius 1 is 1.18 bits per heavy atom. The minimum Gasteiger partial charge on any atom is -0.290 e. The van der Waals surface area contributed by atoms with E-state index < -0.39 is 5.41 Å². The molecule has 1 aliphatic rings. The van der Waals surface area contributed by atoms with Gasteiger partial charge in [-0.25, -0.2) is 4.98 Å². The number of likely N-dealkylation sites (tertiary alicyclic amines) is 1. The molecule has 28 heavy (non-hydrogen) atoms. The van der Waals surface area contributed by atoms with Crippen LogP contribution in [0.15, 0.2) is 35.2 Å². The van der Waals surface area contributed by atoms with Gasteiger partial charge in [0.2, 0.25) is 5.91 Å². The topological polar surface area (TPSA) is 36.4 Å². The number of carbonyl (C=O) groups excluding carboxylic acids is 1. The second-order valence-corrected chi connectivity index (χ2v) is 9.78. The predicted octanol–water partition coefficient (Wildman–Crippen LogP) is 5.83. The third-order valence-corrected chi connectivity index (χ3v) is 5.98. The summed E-state index contributed by atoms with van der Waals surface area (Å²) in [6.07, 6.45) is 3.45. The molecule has 1 unspecified atom stereocenters. The van der Waals surface area contributed by atoms with Gasteiger partial charge in [0.1, 0.15) is 6.17 Å². The van der Waals surface area contributed by atoms with Crippen molar-refractivity contribution in [3.05, 3.63) is 46.4 Å². The number of thiazole rings is 1. The first kappa shape index (κ1) is 21.0. The van der Waals surface area contributed by atoms with E-state index in [0.29, 0.717) is 5.92 Å². The molecule has 2 aromatic rings. The summed E-state index contributed by atoms with van der Waals surface area (Å²) in [4.78, 5) is 22.8. The van der Waals surface area contributed by atoms with E-state index in [9.17, 15) is 4.79 Å². The zero-order chi connectivity index (χ0) is 20.3. The van der Waals surface area contributed by atoms with E-state index in [-0.39, 0.29) is 12.1 Å². The predicted molar refractivity (Wildman–Crippen MR) is 118 cm³/mol. The molecule has 1 saturated heterocycles. The van der Waals surface area contributed by atoms with Gasteiger partial charge in [-0.05, 0) is 36.5 Å². The van der Waals surface area contributed by atoms with E-state index in [0.717, 1.165) is 24.5 Å². The van der Waals surface area contributed by atoms with Crippen molar-refractivity contribution < 1.29 is 4.79 Å². The van der Waals surface area contributed by atoms with Crippen molar-refractivity contribution in [1.29, 1.82) is 0 Å². The number of hydrogen-bond acceptors (Lipinski definition) is 4. The summed E-state index contributed by atoms with van der Waals surface area (Å²) in [5.74, 6) is 0.552. The fraction of sp³-hybridized carbons (Fsp3) is 0.565. The molecular weight excluding hydrogens is 366 g/mol. The first-order chi connectivity index (χ1) is 13.3. The van der Waals surface area contributed by atoms with Crippen LogP contribution in [0.3, 0.4) is 0 Å². The normalized spacial score (nSPS) is 16.9. The zero-order valence-electron chi connectivity index (χ0n) is 17.8. The van der Waals surface area contributed by atoms with Crippen molar-refractivity contribution in [2.45, 2.75) is 66.0 Å². The van der Waals surface area contributed by atoms with Gasteiger partial charge in [-0.3, -0.25) is 14.6 Å². The fourth-order valence-corrected chi connectivity index (χ4v) is 4.33. The van der Waals surface area contributed by atoms with E-state index in [1.165, 1.54) is 24.8 Å². The van der Waals surface area contributed by atoms with Crippen molar-refractivity contribution in [3.8, 4) is 0 Å². The molecule has 1 amide bonds. The molecule has 1 atom stereocenters. The molecule has 0 spiro atoms. The summed E-state index contributed by atoms with van der Waals surface area (Å²) >= 11 is 1.60. The van der Waals surface area contributed by atoms with Crippen LogP contribution < -0.4 is 4.90 Å². The third kappa shape index (κ3) is 4.64. The number of nitrogens with zero attached hydrogens (tertiary/aromatic N) is 3. The summed E-state index contributed by atoms with van der Waals surface area (Å²) in [6, 6.07) is 8.46. The highest BCUT2D eigenvalue weighted by Gasteiger charge is 2.38. The fourth-order valence-electron chi connectivity index (χ4n) is 3.76. The first-order valence-electron chi connectivity index (χ1n) is 10.3. The smallest absolute Gasteiger partial charge is 0.234 e. The van der Waals surface area contributed by atoms with Gasteiger partial charge in [0.05, 0.1) is 11.2 Å². The molecule has 2 heterocycles. The molecule has 0 N–H and O–H groups in total. The number of anilines is 1. The average Bonchev–Trinajstić information content (AvgIpc) is 3.19. The minimum atomic E-state index is -0.474. The van der Waals surface area contributed by atoms with Gasteiger partial charge in [-0.15, -0.1) is 11.3 Å². The highest BCUT2D eigenvalue weighted by atomic mass is 32.1. The molecule has 1 aromatic carbocycles. The molecule has 0 radical (unpaired) electrons. The highest BCUT2D eigenvalue weighted by Crippen LogP contribution is 2.36. The second kappa shape index (κ2) is 8.75. The van der Waals surface area contributed by atoms with Gasteiger partial charge >= 0.3 is 0 Å². The number of rotatable bonds is 5. The maximum atomic E-state index is 13.7. The Hall–Kier alpha value is -1.72. The summed E-state index contributed by atoms with van der Waals surface area (Å²) in [5, 5.41) is 2.09. The number of piperidine rings is 1. The Kier molecular flexibility index (Phi) is 6.56. The quantitative estimate of drug-likeness (QED) is 0.634. The summed E-state index contributed by atoms with van der Waals surface area (Å²) in [5.41, 5.74) is 4.59. The molecule has 3 rings (SSSR count).